The summed E-state index contributed by atoms with van der Waals surface area (Å²) in [5.74, 6) is 0.870. The Bertz CT molecular complexity index is 1210. The SMILES string of the molecule is Cc1ccc[n+](-c2c(SCCc3ccccc3)sc(C(=O)c3ccc(Br)cc3)c2N)c1.[Br-]. The Balaban J connectivity index is 0.00000289. The highest BCUT2D eigenvalue weighted by Gasteiger charge is 2.28. The van der Waals surface area contributed by atoms with Crippen LogP contribution in [0.4, 0.5) is 5.69 Å². The second-order valence-electron chi connectivity index (χ2n) is 7.19. The van der Waals surface area contributed by atoms with Gasteiger partial charge in [-0.3, -0.25) is 4.79 Å². The minimum absolute atomic E-state index is 0. The molecule has 0 fully saturated rings. The number of nitrogen functional groups attached to an aromatic ring is 1. The number of hydrogen-bond donors (Lipinski definition) is 1. The fraction of sp³-hybridized carbons (Fsp3) is 0.120. The van der Waals surface area contributed by atoms with Crippen LogP contribution < -0.4 is 27.3 Å². The van der Waals surface area contributed by atoms with Gasteiger partial charge in [-0.2, -0.15) is 4.57 Å². The van der Waals surface area contributed by atoms with Crippen molar-refractivity contribution in [3.8, 4) is 5.69 Å². The molecular formula is C25H22Br2N2OS2. The van der Waals surface area contributed by atoms with Gasteiger partial charge in [-0.15, -0.1) is 23.1 Å². The molecule has 7 heteroatoms. The first-order valence-corrected chi connectivity index (χ1v) is 12.5. The first-order chi connectivity index (χ1) is 15.0. The minimum atomic E-state index is -0.0422. The molecular weight excluding hydrogens is 568 g/mol. The topological polar surface area (TPSA) is 47.0 Å². The number of anilines is 1. The second kappa shape index (κ2) is 11.3. The quantitative estimate of drug-likeness (QED) is 0.204. The Morgan fingerprint density at radius 2 is 1.78 bits per heavy atom. The molecule has 0 aliphatic heterocycles. The molecule has 0 atom stereocenters. The number of nitrogens with zero attached hydrogens (tertiary/aromatic N) is 1. The average molecular weight is 590 g/mol. The van der Waals surface area contributed by atoms with Crippen molar-refractivity contribution in [2.45, 2.75) is 17.6 Å². The van der Waals surface area contributed by atoms with Crippen LogP contribution in [0.2, 0.25) is 0 Å². The van der Waals surface area contributed by atoms with E-state index in [1.165, 1.54) is 16.9 Å². The van der Waals surface area contributed by atoms with Crippen LogP contribution in [0.3, 0.4) is 0 Å². The molecule has 0 aliphatic rings. The number of thioether (sulfide) groups is 1. The van der Waals surface area contributed by atoms with E-state index < -0.39 is 0 Å². The predicted molar refractivity (Wildman–Crippen MR) is 133 cm³/mol. The first-order valence-electron chi connectivity index (χ1n) is 9.90. The molecule has 2 aromatic carbocycles. The number of carbonyl (C=O) groups excluding carboxylic acids is 1. The zero-order valence-corrected chi connectivity index (χ0v) is 22.2. The zero-order valence-electron chi connectivity index (χ0n) is 17.4. The third-order valence-electron chi connectivity index (χ3n) is 4.87. The largest absolute Gasteiger partial charge is 1.00 e. The number of ketones is 1. The molecule has 0 unspecified atom stereocenters. The second-order valence-corrected chi connectivity index (χ2v) is 10.5. The first kappa shape index (κ1) is 24.7. The summed E-state index contributed by atoms with van der Waals surface area (Å²) in [4.78, 5) is 13.8. The molecule has 2 N–H and O–H groups in total. The molecule has 0 saturated carbocycles. The smallest absolute Gasteiger partial charge is 0.259 e. The van der Waals surface area contributed by atoms with Crippen molar-refractivity contribution in [3.63, 3.8) is 0 Å². The molecule has 0 amide bonds. The predicted octanol–water partition coefficient (Wildman–Crippen LogP) is 3.25. The van der Waals surface area contributed by atoms with Gasteiger partial charge in [-0.1, -0.05) is 46.3 Å². The van der Waals surface area contributed by atoms with Crippen molar-refractivity contribution in [1.29, 1.82) is 0 Å². The van der Waals surface area contributed by atoms with Gasteiger partial charge in [0.1, 0.15) is 14.8 Å². The summed E-state index contributed by atoms with van der Waals surface area (Å²) in [6.45, 7) is 2.05. The van der Waals surface area contributed by atoms with Crippen LogP contribution in [0.25, 0.3) is 5.69 Å². The molecule has 0 bridgehead atoms. The summed E-state index contributed by atoms with van der Waals surface area (Å²) in [7, 11) is 0. The fourth-order valence-corrected chi connectivity index (χ4v) is 6.09. The van der Waals surface area contributed by atoms with Gasteiger partial charge in [0.15, 0.2) is 12.4 Å². The number of pyridine rings is 1. The number of halogens is 2. The van der Waals surface area contributed by atoms with E-state index in [0.29, 0.717) is 16.1 Å². The maximum atomic E-state index is 13.2. The normalized spacial score (nSPS) is 10.6. The molecule has 32 heavy (non-hydrogen) atoms. The molecule has 0 radical (unpaired) electrons. The summed E-state index contributed by atoms with van der Waals surface area (Å²) in [5.41, 5.74) is 11.1. The molecule has 164 valence electrons. The van der Waals surface area contributed by atoms with Crippen LogP contribution >= 0.6 is 39.0 Å². The lowest BCUT2D eigenvalue weighted by atomic mass is 10.1. The number of aromatic nitrogens is 1. The third-order valence-corrected chi connectivity index (χ3v) is 7.86. The molecule has 4 rings (SSSR count). The van der Waals surface area contributed by atoms with E-state index in [1.807, 2.05) is 53.4 Å². The Morgan fingerprint density at radius 3 is 2.47 bits per heavy atom. The van der Waals surface area contributed by atoms with Crippen molar-refractivity contribution in [2.75, 3.05) is 11.5 Å². The lowest BCUT2D eigenvalue weighted by molar-refractivity contribution is -0.597. The van der Waals surface area contributed by atoms with E-state index in [2.05, 4.69) is 53.2 Å². The third kappa shape index (κ3) is 5.70. The molecule has 0 aliphatic carbocycles. The van der Waals surface area contributed by atoms with E-state index in [-0.39, 0.29) is 22.8 Å². The van der Waals surface area contributed by atoms with Gasteiger partial charge in [0.05, 0.1) is 0 Å². The summed E-state index contributed by atoms with van der Waals surface area (Å²) in [5, 5.41) is 0. The van der Waals surface area contributed by atoms with Crippen LogP contribution in [-0.4, -0.2) is 11.5 Å². The molecule has 0 spiro atoms. The summed E-state index contributed by atoms with van der Waals surface area (Å²) in [6.07, 6.45) is 4.99. The van der Waals surface area contributed by atoms with Crippen molar-refractivity contribution in [1.82, 2.24) is 0 Å². The lowest BCUT2D eigenvalue weighted by Gasteiger charge is -2.02. The van der Waals surface area contributed by atoms with Crippen LogP contribution in [0, 0.1) is 6.92 Å². The number of hydrogen-bond acceptors (Lipinski definition) is 4. The number of rotatable bonds is 7. The number of carbonyl (C=O) groups is 1. The Morgan fingerprint density at radius 1 is 1.06 bits per heavy atom. The van der Waals surface area contributed by atoms with E-state index in [9.17, 15) is 4.79 Å². The van der Waals surface area contributed by atoms with E-state index in [1.54, 1.807) is 11.8 Å². The molecule has 2 aromatic heterocycles. The standard InChI is InChI=1S/C25H21BrN2OS2.BrH/c1-17-6-5-14-28(16-17)22-21(27)24(23(29)19-9-11-20(26)12-10-19)31-25(22)30-15-13-18-7-3-2-4-8-18;/h2-12,14,16H,13,15H2,1H3,(H-,27,29);1H. The zero-order chi connectivity index (χ0) is 21.8. The Labute approximate surface area is 215 Å². The molecule has 3 nitrogen and oxygen atoms in total. The van der Waals surface area contributed by atoms with Crippen LogP contribution in [0.5, 0.6) is 0 Å². The van der Waals surface area contributed by atoms with Crippen molar-refractivity contribution in [2.24, 2.45) is 0 Å². The van der Waals surface area contributed by atoms with Gasteiger partial charge in [-0.05, 0) is 49.2 Å². The minimum Gasteiger partial charge on any atom is -1.00 e. The van der Waals surface area contributed by atoms with Gasteiger partial charge < -0.3 is 22.7 Å². The highest BCUT2D eigenvalue weighted by atomic mass is 79.9. The van der Waals surface area contributed by atoms with Gasteiger partial charge in [0, 0.05) is 27.4 Å². The molecule has 0 saturated heterocycles. The maximum Gasteiger partial charge on any atom is 0.259 e. The number of aryl methyl sites for hydroxylation is 2. The number of thiophene rings is 1. The summed E-state index contributed by atoms with van der Waals surface area (Å²) < 4.78 is 4.03. The summed E-state index contributed by atoms with van der Waals surface area (Å²) in [6, 6.07) is 21.9. The average Bonchev–Trinajstić information content (AvgIpc) is 3.10. The number of nitrogens with two attached hydrogens (primary N) is 1. The highest BCUT2D eigenvalue weighted by Crippen LogP contribution is 2.40. The van der Waals surface area contributed by atoms with Gasteiger partial charge in [0.25, 0.3) is 5.69 Å². The Hall–Kier alpha value is -1.93. The molecule has 4 aromatic rings. The summed E-state index contributed by atoms with van der Waals surface area (Å²) >= 11 is 6.66. The van der Waals surface area contributed by atoms with Gasteiger partial charge >= 0.3 is 0 Å². The van der Waals surface area contributed by atoms with Crippen LogP contribution in [0.15, 0.2) is 87.8 Å². The van der Waals surface area contributed by atoms with Crippen LogP contribution in [0.1, 0.15) is 26.4 Å². The van der Waals surface area contributed by atoms with Crippen LogP contribution in [-0.2, 0) is 6.42 Å². The number of benzene rings is 2. The van der Waals surface area contributed by atoms with E-state index >= 15 is 0 Å². The monoisotopic (exact) mass is 588 g/mol. The fourth-order valence-electron chi connectivity index (χ4n) is 3.30. The Kier molecular flexibility index (Phi) is 8.71. The molecule has 2 heterocycles. The van der Waals surface area contributed by atoms with Crippen molar-refractivity contribution >= 4 is 50.5 Å². The lowest BCUT2D eigenvalue weighted by Crippen LogP contribution is -3.00. The maximum absolute atomic E-state index is 13.2. The van der Waals surface area contributed by atoms with Gasteiger partial charge in [-0.25, -0.2) is 0 Å². The van der Waals surface area contributed by atoms with E-state index in [4.69, 9.17) is 5.73 Å². The van der Waals surface area contributed by atoms with Gasteiger partial charge in [0.2, 0.25) is 5.78 Å². The highest BCUT2D eigenvalue weighted by molar-refractivity contribution is 9.10. The van der Waals surface area contributed by atoms with E-state index in [0.717, 1.165) is 32.1 Å². The van der Waals surface area contributed by atoms with Crippen molar-refractivity contribution in [3.05, 3.63) is 105 Å². The van der Waals surface area contributed by atoms with Crippen molar-refractivity contribution < 1.29 is 26.3 Å².